The van der Waals surface area contributed by atoms with Crippen molar-refractivity contribution in [1.82, 2.24) is 4.98 Å². The minimum Gasteiger partial charge on any atom is -0.466 e. The monoisotopic (exact) mass is 283 g/mol. The van der Waals surface area contributed by atoms with Gasteiger partial charge in [0.2, 0.25) is 0 Å². The SMILES string of the molecule is CCOC(=O)Cc1nc(C(F)(F)F)ccc1C(F)F. The number of hydrogen-bond donors (Lipinski definition) is 0. The summed E-state index contributed by atoms with van der Waals surface area (Å²) in [5.41, 5.74) is -2.65. The second-order valence-corrected chi connectivity index (χ2v) is 3.51. The van der Waals surface area contributed by atoms with E-state index in [1.165, 1.54) is 6.92 Å². The molecule has 3 nitrogen and oxygen atoms in total. The molecule has 0 unspecified atom stereocenters. The molecular formula is C11H10F5NO2. The number of hydrogen-bond acceptors (Lipinski definition) is 3. The normalized spacial score (nSPS) is 11.7. The molecule has 106 valence electrons. The first-order valence-corrected chi connectivity index (χ1v) is 5.26. The largest absolute Gasteiger partial charge is 0.466 e. The van der Waals surface area contributed by atoms with Gasteiger partial charge in [-0.15, -0.1) is 0 Å². The van der Waals surface area contributed by atoms with Gasteiger partial charge in [0.25, 0.3) is 6.43 Å². The summed E-state index contributed by atoms with van der Waals surface area (Å²) >= 11 is 0. The lowest BCUT2D eigenvalue weighted by Crippen LogP contribution is -2.15. The van der Waals surface area contributed by atoms with Crippen LogP contribution in [0.3, 0.4) is 0 Å². The second-order valence-electron chi connectivity index (χ2n) is 3.51. The lowest BCUT2D eigenvalue weighted by molar-refractivity contribution is -0.144. The average Bonchev–Trinajstić information content (AvgIpc) is 2.27. The average molecular weight is 283 g/mol. The van der Waals surface area contributed by atoms with Crippen LogP contribution in [0.1, 0.15) is 30.3 Å². The molecule has 0 spiro atoms. The summed E-state index contributed by atoms with van der Waals surface area (Å²) in [7, 11) is 0. The van der Waals surface area contributed by atoms with E-state index in [2.05, 4.69) is 9.72 Å². The van der Waals surface area contributed by atoms with E-state index >= 15 is 0 Å². The zero-order chi connectivity index (χ0) is 14.6. The van der Waals surface area contributed by atoms with Gasteiger partial charge in [0.15, 0.2) is 0 Å². The van der Waals surface area contributed by atoms with Crippen LogP contribution in [0.4, 0.5) is 22.0 Å². The van der Waals surface area contributed by atoms with Gasteiger partial charge in [-0.05, 0) is 19.1 Å². The van der Waals surface area contributed by atoms with Gasteiger partial charge in [0.05, 0.1) is 18.7 Å². The van der Waals surface area contributed by atoms with Gasteiger partial charge in [-0.25, -0.2) is 13.8 Å². The van der Waals surface area contributed by atoms with Crippen LogP contribution in [0.15, 0.2) is 12.1 Å². The molecule has 0 aliphatic heterocycles. The molecule has 0 saturated carbocycles. The van der Waals surface area contributed by atoms with Crippen molar-refractivity contribution in [2.24, 2.45) is 0 Å². The van der Waals surface area contributed by atoms with Crippen molar-refractivity contribution < 1.29 is 31.5 Å². The lowest BCUT2D eigenvalue weighted by atomic mass is 10.1. The van der Waals surface area contributed by atoms with Crippen LogP contribution < -0.4 is 0 Å². The van der Waals surface area contributed by atoms with E-state index in [0.29, 0.717) is 12.1 Å². The Kier molecular flexibility index (Phi) is 4.79. The molecule has 0 amide bonds. The fourth-order valence-corrected chi connectivity index (χ4v) is 1.36. The minimum absolute atomic E-state index is 0.00179. The van der Waals surface area contributed by atoms with Crippen molar-refractivity contribution in [2.45, 2.75) is 25.9 Å². The van der Waals surface area contributed by atoms with E-state index in [1.54, 1.807) is 0 Å². The molecule has 0 atom stereocenters. The summed E-state index contributed by atoms with van der Waals surface area (Å²) in [5.74, 6) is -0.906. The fraction of sp³-hybridized carbons (Fsp3) is 0.455. The molecule has 0 saturated heterocycles. The number of aromatic nitrogens is 1. The first-order chi connectivity index (χ1) is 8.75. The standard InChI is InChI=1S/C11H10F5NO2/c1-2-19-9(18)5-7-6(10(12)13)3-4-8(17-7)11(14,15)16/h3-4,10H,2,5H2,1H3. The summed E-state index contributed by atoms with van der Waals surface area (Å²) in [5, 5.41) is 0. The molecule has 1 aromatic rings. The Morgan fingerprint density at radius 2 is 2.00 bits per heavy atom. The highest BCUT2D eigenvalue weighted by Crippen LogP contribution is 2.30. The Morgan fingerprint density at radius 3 is 2.47 bits per heavy atom. The van der Waals surface area contributed by atoms with Gasteiger partial charge < -0.3 is 4.74 Å². The van der Waals surface area contributed by atoms with Crippen molar-refractivity contribution in [2.75, 3.05) is 6.61 Å². The van der Waals surface area contributed by atoms with E-state index in [-0.39, 0.29) is 6.61 Å². The van der Waals surface area contributed by atoms with Crippen LogP contribution >= 0.6 is 0 Å². The highest BCUT2D eigenvalue weighted by atomic mass is 19.4. The third kappa shape index (κ3) is 4.15. The summed E-state index contributed by atoms with van der Waals surface area (Å²) in [6, 6.07) is 1.07. The maximum atomic E-state index is 12.6. The Labute approximate surface area is 105 Å². The van der Waals surface area contributed by atoms with Crippen molar-refractivity contribution in [3.63, 3.8) is 0 Å². The Bertz CT molecular complexity index is 459. The van der Waals surface area contributed by atoms with Crippen LogP contribution in [-0.4, -0.2) is 17.6 Å². The van der Waals surface area contributed by atoms with Gasteiger partial charge in [-0.3, -0.25) is 4.79 Å². The van der Waals surface area contributed by atoms with E-state index in [9.17, 15) is 26.7 Å². The summed E-state index contributed by atoms with van der Waals surface area (Å²) in [6.07, 6.45) is -8.50. The topological polar surface area (TPSA) is 39.2 Å². The fourth-order valence-electron chi connectivity index (χ4n) is 1.36. The van der Waals surface area contributed by atoms with Gasteiger partial charge in [-0.2, -0.15) is 13.2 Å². The predicted octanol–water partition coefficient (Wildman–Crippen LogP) is 3.14. The molecule has 0 bridgehead atoms. The third-order valence-electron chi connectivity index (χ3n) is 2.15. The zero-order valence-corrected chi connectivity index (χ0v) is 9.80. The molecule has 0 fully saturated rings. The highest BCUT2D eigenvalue weighted by molar-refractivity contribution is 5.72. The van der Waals surface area contributed by atoms with Gasteiger partial charge in [0.1, 0.15) is 5.69 Å². The third-order valence-corrected chi connectivity index (χ3v) is 2.15. The Hall–Kier alpha value is -1.73. The predicted molar refractivity (Wildman–Crippen MR) is 54.5 cm³/mol. The molecule has 1 rings (SSSR count). The van der Waals surface area contributed by atoms with Crippen molar-refractivity contribution in [3.8, 4) is 0 Å². The smallest absolute Gasteiger partial charge is 0.433 e. The number of halogens is 5. The molecule has 19 heavy (non-hydrogen) atoms. The van der Waals surface area contributed by atoms with E-state index in [1.807, 2.05) is 0 Å². The van der Waals surface area contributed by atoms with E-state index in [4.69, 9.17) is 0 Å². The maximum absolute atomic E-state index is 12.6. The first kappa shape index (κ1) is 15.3. The van der Waals surface area contributed by atoms with Crippen LogP contribution in [0.5, 0.6) is 0 Å². The summed E-state index contributed by atoms with van der Waals surface area (Å²) in [6.45, 7) is 1.49. The van der Waals surface area contributed by atoms with Gasteiger partial charge in [-0.1, -0.05) is 0 Å². The van der Waals surface area contributed by atoms with Crippen molar-refractivity contribution in [3.05, 3.63) is 29.1 Å². The number of alkyl halides is 5. The molecule has 0 aromatic carbocycles. The second kappa shape index (κ2) is 5.94. The minimum atomic E-state index is -4.76. The van der Waals surface area contributed by atoms with E-state index in [0.717, 1.165) is 0 Å². The highest BCUT2D eigenvalue weighted by Gasteiger charge is 2.33. The molecule has 1 heterocycles. The number of esters is 1. The van der Waals surface area contributed by atoms with Crippen LogP contribution in [0.2, 0.25) is 0 Å². The van der Waals surface area contributed by atoms with Crippen molar-refractivity contribution >= 4 is 5.97 Å². The number of carbonyl (C=O) groups excluding carboxylic acids is 1. The van der Waals surface area contributed by atoms with E-state index < -0.39 is 41.9 Å². The molecule has 1 aromatic heterocycles. The van der Waals surface area contributed by atoms with Crippen LogP contribution in [-0.2, 0) is 22.1 Å². The number of pyridine rings is 1. The zero-order valence-electron chi connectivity index (χ0n) is 9.80. The van der Waals surface area contributed by atoms with Crippen LogP contribution in [0.25, 0.3) is 0 Å². The molecular weight excluding hydrogens is 273 g/mol. The summed E-state index contributed by atoms with van der Waals surface area (Å²) in [4.78, 5) is 14.2. The maximum Gasteiger partial charge on any atom is 0.433 e. The number of nitrogens with zero attached hydrogens (tertiary/aromatic N) is 1. The lowest BCUT2D eigenvalue weighted by Gasteiger charge is -2.11. The van der Waals surface area contributed by atoms with Crippen LogP contribution in [0, 0.1) is 0 Å². The van der Waals surface area contributed by atoms with Crippen molar-refractivity contribution in [1.29, 1.82) is 0 Å². The molecule has 0 aliphatic carbocycles. The summed E-state index contributed by atoms with van der Waals surface area (Å²) < 4.78 is 67.0. The molecule has 0 aliphatic rings. The quantitative estimate of drug-likeness (QED) is 0.629. The molecule has 0 radical (unpaired) electrons. The number of rotatable bonds is 4. The van der Waals surface area contributed by atoms with Gasteiger partial charge in [0, 0.05) is 5.56 Å². The number of ether oxygens (including phenoxy) is 1. The number of carbonyl (C=O) groups is 1. The molecule has 8 heteroatoms. The van der Waals surface area contributed by atoms with Gasteiger partial charge >= 0.3 is 12.1 Å². The Balaban J connectivity index is 3.12. The molecule has 0 N–H and O–H groups in total. The first-order valence-electron chi connectivity index (χ1n) is 5.26. The Morgan fingerprint density at radius 1 is 1.37 bits per heavy atom.